The second kappa shape index (κ2) is 6.15. The monoisotopic (exact) mass is 317 g/mol. The number of hydrogen-bond acceptors (Lipinski definition) is 2. The van der Waals surface area contributed by atoms with Gasteiger partial charge in [0.05, 0.1) is 5.02 Å². The van der Waals surface area contributed by atoms with E-state index in [2.05, 4.69) is 35.4 Å². The minimum Gasteiger partial charge on any atom is -0.361 e. The van der Waals surface area contributed by atoms with Crippen LogP contribution < -0.4 is 5.32 Å². The van der Waals surface area contributed by atoms with Crippen molar-refractivity contribution in [3.05, 3.63) is 46.6 Å². The van der Waals surface area contributed by atoms with Gasteiger partial charge in [0.15, 0.2) is 0 Å². The molecular weight excluding hydrogens is 298 g/mol. The van der Waals surface area contributed by atoms with Crippen molar-refractivity contribution < 1.29 is 4.79 Å². The zero-order chi connectivity index (χ0) is 15.7. The average Bonchev–Trinajstić information content (AvgIpc) is 2.91. The Bertz CT molecular complexity index is 733. The van der Waals surface area contributed by atoms with Crippen molar-refractivity contribution in [3.63, 3.8) is 0 Å². The van der Waals surface area contributed by atoms with Crippen molar-refractivity contribution in [1.29, 1.82) is 0 Å². The maximum atomic E-state index is 11.3. The second-order valence-electron chi connectivity index (χ2n) is 5.97. The number of carbonyl (C=O) groups excluding carboxylic acids is 1. The van der Waals surface area contributed by atoms with Gasteiger partial charge in [-0.2, -0.15) is 0 Å². The highest BCUT2D eigenvalue weighted by Gasteiger charge is 2.19. The lowest BCUT2D eigenvalue weighted by Crippen LogP contribution is -2.30. The van der Waals surface area contributed by atoms with Crippen LogP contribution in [-0.2, 0) is 11.2 Å². The molecule has 1 aliphatic rings. The molecule has 0 bridgehead atoms. The quantitative estimate of drug-likeness (QED) is 0.911. The molecule has 2 heterocycles. The first-order chi connectivity index (χ1) is 10.6. The predicted molar refractivity (Wildman–Crippen MR) is 90.5 cm³/mol. The van der Waals surface area contributed by atoms with E-state index in [-0.39, 0.29) is 11.8 Å². The fourth-order valence-corrected chi connectivity index (χ4v) is 3.27. The number of aromatic nitrogens is 1. The number of halogens is 1. The standard InChI is InChI=1S/C17H20ClN3O/c1-21(2)8-7-12-10-19-14-5-4-13(17(18)16(12)14)11-3-6-15(22)20-9-11/h3-6,10-11,19H,7-9H2,1-2H3,(H,20,22). The molecule has 2 aromatic rings. The van der Waals surface area contributed by atoms with Crippen LogP contribution in [0.5, 0.6) is 0 Å². The van der Waals surface area contributed by atoms with Gasteiger partial charge in [-0.15, -0.1) is 0 Å². The number of hydrogen-bond donors (Lipinski definition) is 2. The summed E-state index contributed by atoms with van der Waals surface area (Å²) in [5.41, 5.74) is 3.36. The van der Waals surface area contributed by atoms with Crippen molar-refractivity contribution in [3.8, 4) is 0 Å². The number of carbonyl (C=O) groups is 1. The van der Waals surface area contributed by atoms with Crippen LogP contribution in [0.2, 0.25) is 5.02 Å². The van der Waals surface area contributed by atoms with E-state index in [9.17, 15) is 4.79 Å². The first-order valence-corrected chi connectivity index (χ1v) is 7.83. The van der Waals surface area contributed by atoms with Gasteiger partial charge in [-0.1, -0.05) is 23.7 Å². The van der Waals surface area contributed by atoms with E-state index in [0.29, 0.717) is 6.54 Å². The van der Waals surface area contributed by atoms with Crippen molar-refractivity contribution in [2.24, 2.45) is 0 Å². The van der Waals surface area contributed by atoms with E-state index in [4.69, 9.17) is 11.6 Å². The van der Waals surface area contributed by atoms with E-state index in [1.54, 1.807) is 6.08 Å². The Hall–Kier alpha value is -1.78. The molecule has 1 atom stereocenters. The second-order valence-corrected chi connectivity index (χ2v) is 6.35. The zero-order valence-corrected chi connectivity index (χ0v) is 13.6. The molecule has 1 amide bonds. The Morgan fingerprint density at radius 2 is 2.18 bits per heavy atom. The van der Waals surface area contributed by atoms with Gasteiger partial charge in [-0.3, -0.25) is 4.79 Å². The van der Waals surface area contributed by atoms with Gasteiger partial charge in [0.2, 0.25) is 5.91 Å². The Morgan fingerprint density at radius 1 is 1.36 bits per heavy atom. The van der Waals surface area contributed by atoms with Crippen LogP contribution in [0.25, 0.3) is 10.9 Å². The molecule has 1 aromatic carbocycles. The molecule has 1 aliphatic heterocycles. The predicted octanol–water partition coefficient (Wildman–Crippen LogP) is 2.70. The van der Waals surface area contributed by atoms with Crippen LogP contribution in [0.3, 0.4) is 0 Å². The van der Waals surface area contributed by atoms with Gasteiger partial charge in [0, 0.05) is 36.1 Å². The molecule has 22 heavy (non-hydrogen) atoms. The van der Waals surface area contributed by atoms with Crippen molar-refractivity contribution in [1.82, 2.24) is 15.2 Å². The molecule has 0 aliphatic carbocycles. The van der Waals surface area contributed by atoms with Crippen LogP contribution in [0.4, 0.5) is 0 Å². The van der Waals surface area contributed by atoms with E-state index >= 15 is 0 Å². The number of nitrogens with one attached hydrogen (secondary N) is 2. The SMILES string of the molecule is CN(C)CCc1c[nH]c2ccc(C3C=CC(=O)NC3)c(Cl)c12. The average molecular weight is 318 g/mol. The summed E-state index contributed by atoms with van der Waals surface area (Å²) >= 11 is 6.69. The van der Waals surface area contributed by atoms with Crippen molar-refractivity contribution in [2.75, 3.05) is 27.2 Å². The Labute approximate surface area is 135 Å². The molecule has 4 nitrogen and oxygen atoms in total. The van der Waals surface area contributed by atoms with E-state index in [1.807, 2.05) is 18.3 Å². The molecule has 0 spiro atoms. The maximum absolute atomic E-state index is 11.3. The minimum atomic E-state index is -0.0400. The molecule has 3 rings (SSSR count). The molecule has 5 heteroatoms. The van der Waals surface area contributed by atoms with Gasteiger partial charge in [0.25, 0.3) is 0 Å². The number of benzene rings is 1. The Balaban J connectivity index is 1.99. The van der Waals surface area contributed by atoms with E-state index in [0.717, 1.165) is 34.5 Å². The third kappa shape index (κ3) is 2.89. The summed E-state index contributed by atoms with van der Waals surface area (Å²) in [5, 5.41) is 4.75. The van der Waals surface area contributed by atoms with Crippen molar-refractivity contribution in [2.45, 2.75) is 12.3 Å². The van der Waals surface area contributed by atoms with Crippen LogP contribution >= 0.6 is 11.6 Å². The summed E-state index contributed by atoms with van der Waals surface area (Å²) < 4.78 is 0. The topological polar surface area (TPSA) is 48.1 Å². The number of amides is 1. The fraction of sp³-hybridized carbons (Fsp3) is 0.353. The smallest absolute Gasteiger partial charge is 0.243 e. The molecule has 1 unspecified atom stereocenters. The highest BCUT2D eigenvalue weighted by Crippen LogP contribution is 2.35. The zero-order valence-electron chi connectivity index (χ0n) is 12.8. The summed E-state index contributed by atoms with van der Waals surface area (Å²) in [4.78, 5) is 16.7. The molecule has 0 fully saturated rings. The lowest BCUT2D eigenvalue weighted by Gasteiger charge is -2.19. The molecule has 116 valence electrons. The third-order valence-electron chi connectivity index (χ3n) is 4.10. The molecule has 0 saturated carbocycles. The third-order valence-corrected chi connectivity index (χ3v) is 4.51. The number of aromatic amines is 1. The molecule has 1 aromatic heterocycles. The fourth-order valence-electron chi connectivity index (χ4n) is 2.85. The van der Waals surface area contributed by atoms with Crippen molar-refractivity contribution >= 4 is 28.4 Å². The maximum Gasteiger partial charge on any atom is 0.243 e. The lowest BCUT2D eigenvalue weighted by atomic mass is 9.94. The van der Waals surface area contributed by atoms with E-state index in [1.165, 1.54) is 5.56 Å². The summed E-state index contributed by atoms with van der Waals surface area (Å²) in [6, 6.07) is 4.11. The Morgan fingerprint density at radius 3 is 2.86 bits per heavy atom. The van der Waals surface area contributed by atoms with Crippen LogP contribution in [0.15, 0.2) is 30.5 Å². The molecule has 2 N–H and O–H groups in total. The Kier molecular flexibility index (Phi) is 4.23. The highest BCUT2D eigenvalue weighted by molar-refractivity contribution is 6.36. The summed E-state index contributed by atoms with van der Waals surface area (Å²) in [6.07, 6.45) is 6.51. The number of H-pyrrole nitrogens is 1. The minimum absolute atomic E-state index is 0.0400. The van der Waals surface area contributed by atoms with Gasteiger partial charge < -0.3 is 15.2 Å². The number of likely N-dealkylation sites (N-methyl/N-ethyl adjacent to an activating group) is 1. The first-order valence-electron chi connectivity index (χ1n) is 7.45. The first kappa shape index (κ1) is 15.1. The normalized spacial score (nSPS) is 18.2. The van der Waals surface area contributed by atoms with Crippen LogP contribution in [0.1, 0.15) is 17.0 Å². The van der Waals surface area contributed by atoms with Gasteiger partial charge >= 0.3 is 0 Å². The summed E-state index contributed by atoms with van der Waals surface area (Å²) in [5.74, 6) is 0.0907. The van der Waals surface area contributed by atoms with E-state index < -0.39 is 0 Å². The van der Waals surface area contributed by atoms with Gasteiger partial charge in [-0.05, 0) is 43.8 Å². The lowest BCUT2D eigenvalue weighted by molar-refractivity contribution is -0.116. The molecular formula is C17H20ClN3O. The molecule has 0 radical (unpaired) electrons. The largest absolute Gasteiger partial charge is 0.361 e. The number of rotatable bonds is 4. The van der Waals surface area contributed by atoms with Gasteiger partial charge in [0.1, 0.15) is 0 Å². The number of nitrogens with zero attached hydrogens (tertiary/aromatic N) is 1. The molecule has 0 saturated heterocycles. The summed E-state index contributed by atoms with van der Waals surface area (Å²) in [6.45, 7) is 1.57. The van der Waals surface area contributed by atoms with Gasteiger partial charge in [-0.25, -0.2) is 0 Å². The number of fused-ring (bicyclic) bond motifs is 1. The van der Waals surface area contributed by atoms with Crippen LogP contribution in [-0.4, -0.2) is 43.0 Å². The summed E-state index contributed by atoms with van der Waals surface area (Å²) in [7, 11) is 4.13. The highest BCUT2D eigenvalue weighted by atomic mass is 35.5. The van der Waals surface area contributed by atoms with Crippen LogP contribution in [0, 0.1) is 0 Å².